The molecule has 2 heterocycles. The van der Waals surface area contributed by atoms with Crippen molar-refractivity contribution in [2.45, 2.75) is 37.5 Å². The third-order valence-electron chi connectivity index (χ3n) is 3.97. The van der Waals surface area contributed by atoms with Crippen LogP contribution in [0.1, 0.15) is 30.9 Å². The van der Waals surface area contributed by atoms with Crippen LogP contribution >= 0.6 is 0 Å². The van der Waals surface area contributed by atoms with E-state index in [0.29, 0.717) is 12.3 Å². The minimum absolute atomic E-state index is 0.0771. The highest BCUT2D eigenvalue weighted by Gasteiger charge is 2.41. The van der Waals surface area contributed by atoms with Gasteiger partial charge >= 0.3 is 6.09 Å². The lowest BCUT2D eigenvalue weighted by atomic mass is 9.75. The highest BCUT2D eigenvalue weighted by molar-refractivity contribution is 5.65. The molecule has 1 aromatic rings. The Labute approximate surface area is 110 Å². The molecule has 19 heavy (non-hydrogen) atoms. The Balaban J connectivity index is 1.85. The SMILES string of the molecule is O=C(O)NC1CC([C@H]2CCC2O)Oc2ncccc21. The zero-order valence-electron chi connectivity index (χ0n) is 10.3. The lowest BCUT2D eigenvalue weighted by molar-refractivity contribution is -0.0533. The molecule has 1 amide bonds. The van der Waals surface area contributed by atoms with Crippen LogP contribution in [0.2, 0.25) is 0 Å². The summed E-state index contributed by atoms with van der Waals surface area (Å²) < 4.78 is 5.81. The molecular weight excluding hydrogens is 248 g/mol. The maximum atomic E-state index is 10.9. The molecule has 6 nitrogen and oxygen atoms in total. The van der Waals surface area contributed by atoms with Gasteiger partial charge in [-0.3, -0.25) is 0 Å². The zero-order valence-corrected chi connectivity index (χ0v) is 10.3. The summed E-state index contributed by atoms with van der Waals surface area (Å²) >= 11 is 0. The number of amides is 1. The van der Waals surface area contributed by atoms with Gasteiger partial charge in [0.15, 0.2) is 0 Å². The smallest absolute Gasteiger partial charge is 0.405 e. The fraction of sp³-hybridized carbons (Fsp3) is 0.538. The summed E-state index contributed by atoms with van der Waals surface area (Å²) in [7, 11) is 0. The Bertz CT molecular complexity index is 493. The van der Waals surface area contributed by atoms with Crippen molar-refractivity contribution in [2.75, 3.05) is 0 Å². The largest absolute Gasteiger partial charge is 0.474 e. The van der Waals surface area contributed by atoms with Gasteiger partial charge in [0.1, 0.15) is 6.10 Å². The summed E-state index contributed by atoms with van der Waals surface area (Å²) in [5.41, 5.74) is 0.759. The second kappa shape index (κ2) is 4.70. The predicted octanol–water partition coefficient (Wildman–Crippen LogP) is 1.31. The number of fused-ring (bicyclic) bond motifs is 1. The van der Waals surface area contributed by atoms with Crippen molar-refractivity contribution in [3.8, 4) is 5.88 Å². The van der Waals surface area contributed by atoms with Crippen LogP contribution in [0.3, 0.4) is 0 Å². The molecule has 0 spiro atoms. The Kier molecular flexibility index (Phi) is 3.02. The fourth-order valence-electron chi connectivity index (χ4n) is 2.81. The Morgan fingerprint density at radius 1 is 1.47 bits per heavy atom. The van der Waals surface area contributed by atoms with Crippen molar-refractivity contribution in [1.82, 2.24) is 10.3 Å². The Morgan fingerprint density at radius 3 is 2.95 bits per heavy atom. The molecule has 6 heteroatoms. The number of hydrogen-bond donors (Lipinski definition) is 3. The first-order valence-corrected chi connectivity index (χ1v) is 6.44. The van der Waals surface area contributed by atoms with Crippen molar-refractivity contribution in [3.05, 3.63) is 23.9 Å². The number of carbonyl (C=O) groups is 1. The lowest BCUT2D eigenvalue weighted by Gasteiger charge is -2.42. The molecule has 3 N–H and O–H groups in total. The summed E-state index contributed by atoms with van der Waals surface area (Å²) in [5.74, 6) is 0.546. The van der Waals surface area contributed by atoms with Gasteiger partial charge in [-0.15, -0.1) is 0 Å². The Morgan fingerprint density at radius 2 is 2.32 bits per heavy atom. The van der Waals surface area contributed by atoms with Crippen molar-refractivity contribution >= 4 is 6.09 Å². The van der Waals surface area contributed by atoms with Crippen LogP contribution in [0.15, 0.2) is 18.3 Å². The number of aliphatic hydroxyl groups is 1. The monoisotopic (exact) mass is 264 g/mol. The second-order valence-electron chi connectivity index (χ2n) is 5.10. The number of nitrogens with one attached hydrogen (secondary N) is 1. The van der Waals surface area contributed by atoms with Crippen LogP contribution in [-0.2, 0) is 0 Å². The van der Waals surface area contributed by atoms with E-state index < -0.39 is 6.09 Å². The van der Waals surface area contributed by atoms with Gasteiger partial charge in [-0.1, -0.05) is 6.07 Å². The molecule has 4 atom stereocenters. The summed E-state index contributed by atoms with van der Waals surface area (Å²) in [6, 6.07) is 3.25. The van der Waals surface area contributed by atoms with Crippen LogP contribution in [-0.4, -0.2) is 33.5 Å². The first kappa shape index (κ1) is 12.2. The zero-order chi connectivity index (χ0) is 13.4. The minimum atomic E-state index is -1.06. The average molecular weight is 264 g/mol. The third kappa shape index (κ3) is 2.23. The molecule has 0 radical (unpaired) electrons. The molecule has 0 aromatic carbocycles. The third-order valence-corrected chi connectivity index (χ3v) is 3.97. The van der Waals surface area contributed by atoms with Crippen LogP contribution in [0, 0.1) is 5.92 Å². The molecule has 1 aliphatic heterocycles. The standard InChI is InChI=1S/C13H16N2O4/c16-10-4-3-8(10)11-6-9(15-13(17)18)7-2-1-5-14-12(7)19-11/h1-2,5,8-11,15-16H,3-4,6H2,(H,17,18)/t8-,9?,10?,11?/m0/s1. The van der Waals surface area contributed by atoms with Crippen LogP contribution < -0.4 is 10.1 Å². The first-order valence-electron chi connectivity index (χ1n) is 6.44. The van der Waals surface area contributed by atoms with E-state index in [2.05, 4.69) is 10.3 Å². The quantitative estimate of drug-likeness (QED) is 0.749. The summed E-state index contributed by atoms with van der Waals surface area (Å²) in [5, 5.41) is 21.2. The van der Waals surface area contributed by atoms with Crippen molar-refractivity contribution in [2.24, 2.45) is 5.92 Å². The van der Waals surface area contributed by atoms with Crippen molar-refractivity contribution < 1.29 is 19.7 Å². The molecule has 2 aliphatic rings. The summed E-state index contributed by atoms with van der Waals surface area (Å²) in [6.07, 6.45) is 2.27. The molecule has 1 fully saturated rings. The summed E-state index contributed by atoms with van der Waals surface area (Å²) in [6.45, 7) is 0. The van der Waals surface area contributed by atoms with Crippen LogP contribution in [0.4, 0.5) is 4.79 Å². The van der Waals surface area contributed by atoms with E-state index in [-0.39, 0.29) is 24.2 Å². The Hall–Kier alpha value is -1.82. The number of rotatable bonds is 2. The van der Waals surface area contributed by atoms with Gasteiger partial charge in [0.25, 0.3) is 0 Å². The number of aliphatic hydroxyl groups excluding tert-OH is 1. The van der Waals surface area contributed by atoms with E-state index in [0.717, 1.165) is 18.4 Å². The minimum Gasteiger partial charge on any atom is -0.474 e. The number of pyridine rings is 1. The molecule has 3 rings (SSSR count). The summed E-state index contributed by atoms with van der Waals surface area (Å²) in [4.78, 5) is 15.0. The predicted molar refractivity (Wildman–Crippen MR) is 65.9 cm³/mol. The fourth-order valence-corrected chi connectivity index (χ4v) is 2.81. The maximum Gasteiger partial charge on any atom is 0.405 e. The molecule has 0 bridgehead atoms. The van der Waals surface area contributed by atoms with Gasteiger partial charge in [-0.25, -0.2) is 9.78 Å². The number of hydrogen-bond acceptors (Lipinski definition) is 4. The lowest BCUT2D eigenvalue weighted by Crippen LogP contribution is -2.47. The molecule has 3 unspecified atom stereocenters. The topological polar surface area (TPSA) is 91.7 Å². The molecule has 1 aliphatic carbocycles. The molecule has 1 aromatic heterocycles. The number of nitrogens with zero attached hydrogens (tertiary/aromatic N) is 1. The van der Waals surface area contributed by atoms with Crippen molar-refractivity contribution in [3.63, 3.8) is 0 Å². The molecule has 0 saturated heterocycles. The van der Waals surface area contributed by atoms with Gasteiger partial charge in [0.2, 0.25) is 5.88 Å². The van der Waals surface area contributed by atoms with Gasteiger partial charge < -0.3 is 20.3 Å². The number of aromatic nitrogens is 1. The first-order chi connectivity index (χ1) is 9.15. The van der Waals surface area contributed by atoms with E-state index in [1.807, 2.05) is 6.07 Å². The van der Waals surface area contributed by atoms with Gasteiger partial charge in [0, 0.05) is 24.1 Å². The second-order valence-corrected chi connectivity index (χ2v) is 5.10. The molecule has 102 valence electrons. The van der Waals surface area contributed by atoms with Crippen molar-refractivity contribution in [1.29, 1.82) is 0 Å². The number of ether oxygens (including phenoxy) is 1. The normalized spacial score (nSPS) is 32.7. The van der Waals surface area contributed by atoms with Gasteiger partial charge in [-0.2, -0.15) is 0 Å². The highest BCUT2D eigenvalue weighted by atomic mass is 16.5. The van der Waals surface area contributed by atoms with Gasteiger partial charge in [0.05, 0.1) is 12.1 Å². The van der Waals surface area contributed by atoms with Gasteiger partial charge in [-0.05, 0) is 18.9 Å². The molecular formula is C13H16N2O4. The van der Waals surface area contributed by atoms with Crippen LogP contribution in [0.25, 0.3) is 0 Å². The highest BCUT2D eigenvalue weighted by Crippen LogP contribution is 2.41. The van der Waals surface area contributed by atoms with Crippen LogP contribution in [0.5, 0.6) is 5.88 Å². The number of carboxylic acid groups (broad SMARTS) is 1. The maximum absolute atomic E-state index is 10.9. The van der Waals surface area contributed by atoms with E-state index in [1.54, 1.807) is 12.3 Å². The van der Waals surface area contributed by atoms with E-state index in [9.17, 15) is 9.90 Å². The molecule has 1 saturated carbocycles. The van der Waals surface area contributed by atoms with E-state index in [4.69, 9.17) is 9.84 Å². The van der Waals surface area contributed by atoms with E-state index >= 15 is 0 Å². The van der Waals surface area contributed by atoms with E-state index in [1.165, 1.54) is 0 Å². The average Bonchev–Trinajstić information content (AvgIpc) is 2.36.